The van der Waals surface area contributed by atoms with Gasteiger partial charge in [-0.05, 0) is 18.6 Å². The zero-order valence-corrected chi connectivity index (χ0v) is 31.3. The predicted molar refractivity (Wildman–Crippen MR) is 191 cm³/mol. The Kier molecular flexibility index (Phi) is 22.4. The Balaban J connectivity index is 1.02. The summed E-state index contributed by atoms with van der Waals surface area (Å²) < 4.78 is 48.3. The molecule has 20 nitrogen and oxygen atoms in total. The van der Waals surface area contributed by atoms with Crippen molar-refractivity contribution >= 4 is 47.0 Å². The fourth-order valence-corrected chi connectivity index (χ4v) is 5.17. The number of carboxylic acid groups (broad SMARTS) is 1. The smallest absolute Gasteiger partial charge is 0.372 e. The maximum atomic E-state index is 13.1. The number of rotatable bonds is 33. The summed E-state index contributed by atoms with van der Waals surface area (Å²) in [6.45, 7) is 6.22. The topological polar surface area (TPSA) is 250 Å². The Morgan fingerprint density at radius 2 is 1.14 bits per heavy atom. The minimum absolute atomic E-state index is 0.00383. The lowest BCUT2D eigenvalue weighted by Crippen LogP contribution is -2.54. The van der Waals surface area contributed by atoms with E-state index in [0.717, 1.165) is 4.90 Å². The molecule has 0 radical (unpaired) electrons. The lowest BCUT2D eigenvalue weighted by molar-refractivity contribution is -0.151. The van der Waals surface area contributed by atoms with Crippen LogP contribution in [0.2, 0.25) is 0 Å². The van der Waals surface area contributed by atoms with Gasteiger partial charge >= 0.3 is 11.9 Å². The number of fused-ring (bicyclic) bond motifs is 1. The number of carbonyl (C=O) groups excluding carboxylic acids is 6. The summed E-state index contributed by atoms with van der Waals surface area (Å²) in [5, 5.41) is 13.8. The highest BCUT2D eigenvalue weighted by Gasteiger charge is 2.45. The molecule has 4 amide bonds. The number of anilines is 1. The first kappa shape index (κ1) is 46.0. The molecule has 1 aromatic carbocycles. The van der Waals surface area contributed by atoms with Crippen LogP contribution in [0, 0.1) is 0 Å². The molecule has 1 aromatic rings. The lowest BCUT2D eigenvalue weighted by atomic mass is 10.0. The fourth-order valence-electron chi connectivity index (χ4n) is 5.17. The van der Waals surface area contributed by atoms with E-state index >= 15 is 0 Å². The van der Waals surface area contributed by atoms with Gasteiger partial charge in [-0.1, -0.05) is 6.07 Å². The van der Waals surface area contributed by atoms with Crippen molar-refractivity contribution in [2.24, 2.45) is 0 Å². The average molecular weight is 798 g/mol. The van der Waals surface area contributed by atoms with Crippen molar-refractivity contribution in [2.75, 3.05) is 124 Å². The Morgan fingerprint density at radius 1 is 0.661 bits per heavy atom. The summed E-state index contributed by atoms with van der Waals surface area (Å²) in [5.74, 6) is -5.49. The third kappa shape index (κ3) is 17.2. The van der Waals surface area contributed by atoms with E-state index in [1.807, 2.05) is 0 Å². The summed E-state index contributed by atoms with van der Waals surface area (Å²) in [5.41, 5.74) is 0.865. The molecule has 1 fully saturated rings. The number of piperidine rings is 1. The molecule has 0 aliphatic carbocycles. The molecule has 0 bridgehead atoms. The second-order valence-corrected chi connectivity index (χ2v) is 11.9. The van der Waals surface area contributed by atoms with Crippen LogP contribution in [0.25, 0.3) is 0 Å². The second kappa shape index (κ2) is 27.2. The van der Waals surface area contributed by atoms with E-state index in [-0.39, 0.29) is 43.6 Å². The molecule has 1 atom stereocenters. The van der Waals surface area contributed by atoms with Gasteiger partial charge in [0.15, 0.2) is 0 Å². The molecule has 0 aromatic heterocycles. The highest BCUT2D eigenvalue weighted by Crippen LogP contribution is 2.32. The van der Waals surface area contributed by atoms with Crippen LogP contribution in [0.15, 0.2) is 18.2 Å². The van der Waals surface area contributed by atoms with Crippen molar-refractivity contribution in [3.05, 3.63) is 29.3 Å². The maximum Gasteiger partial charge on any atom is 0.372 e. The number of ether oxygens (including phenoxy) is 9. The Bertz CT molecular complexity index is 1440. The van der Waals surface area contributed by atoms with Gasteiger partial charge < -0.3 is 53.1 Å². The van der Waals surface area contributed by atoms with Gasteiger partial charge in [-0.15, -0.1) is 0 Å². The normalized spacial score (nSPS) is 15.2. The van der Waals surface area contributed by atoms with E-state index < -0.39 is 53.8 Å². The van der Waals surface area contributed by atoms with Crippen molar-refractivity contribution in [3.8, 4) is 0 Å². The van der Waals surface area contributed by atoms with Gasteiger partial charge in [0, 0.05) is 25.1 Å². The van der Waals surface area contributed by atoms with E-state index in [9.17, 15) is 33.6 Å². The number of amides is 4. The van der Waals surface area contributed by atoms with Crippen molar-refractivity contribution in [2.45, 2.75) is 31.7 Å². The van der Waals surface area contributed by atoms with Crippen LogP contribution in [-0.2, 0) is 66.6 Å². The number of Topliss-reactive ketones (excluding diaryl/α,β-unsaturated/α-hetero) is 1. The zero-order chi connectivity index (χ0) is 40.4. The SMILES string of the molecule is O=C1CCC(N2C(=O)c3cccc(NCCOCCOCCOCCOCCOCCOCCOCCOCCOC(=O)CCC(=O)C(=O)O)c3C2=O)C(=O)N1. The van der Waals surface area contributed by atoms with Crippen LogP contribution >= 0.6 is 0 Å². The van der Waals surface area contributed by atoms with E-state index in [2.05, 4.69) is 10.6 Å². The molecular formula is C36H51N3O17. The van der Waals surface area contributed by atoms with Gasteiger partial charge in [-0.2, -0.15) is 0 Å². The monoisotopic (exact) mass is 797 g/mol. The Hall–Kier alpha value is -4.41. The van der Waals surface area contributed by atoms with Crippen molar-refractivity contribution in [1.82, 2.24) is 10.2 Å². The van der Waals surface area contributed by atoms with Crippen LogP contribution in [0.5, 0.6) is 0 Å². The van der Waals surface area contributed by atoms with Crippen molar-refractivity contribution < 1.29 is 81.3 Å². The Morgan fingerprint density at radius 3 is 1.62 bits per heavy atom. The molecule has 0 saturated carbocycles. The molecule has 3 N–H and O–H groups in total. The van der Waals surface area contributed by atoms with Gasteiger partial charge in [0.25, 0.3) is 11.8 Å². The minimum atomic E-state index is -1.57. The third-order valence-corrected chi connectivity index (χ3v) is 7.92. The van der Waals surface area contributed by atoms with Gasteiger partial charge in [0.2, 0.25) is 17.6 Å². The number of nitrogens with zero attached hydrogens (tertiary/aromatic N) is 1. The van der Waals surface area contributed by atoms with Gasteiger partial charge in [-0.25, -0.2) is 4.79 Å². The highest BCUT2D eigenvalue weighted by molar-refractivity contribution is 6.32. The number of benzene rings is 1. The fraction of sp³-hybridized carbons (Fsp3) is 0.639. The zero-order valence-electron chi connectivity index (χ0n) is 31.3. The largest absolute Gasteiger partial charge is 0.476 e. The quantitative estimate of drug-likeness (QED) is 0.0354. The number of hydrogen-bond donors (Lipinski definition) is 3. The van der Waals surface area contributed by atoms with Gasteiger partial charge in [0.1, 0.15) is 12.6 Å². The molecule has 56 heavy (non-hydrogen) atoms. The molecule has 2 heterocycles. The minimum Gasteiger partial charge on any atom is -0.476 e. The highest BCUT2D eigenvalue weighted by atomic mass is 16.6. The number of esters is 1. The molecule has 0 spiro atoms. The number of carbonyl (C=O) groups is 7. The number of nitrogens with one attached hydrogen (secondary N) is 2. The van der Waals surface area contributed by atoms with E-state index in [0.29, 0.717) is 111 Å². The molecule has 2 aliphatic heterocycles. The molecule has 312 valence electrons. The van der Waals surface area contributed by atoms with Gasteiger partial charge in [-0.3, -0.25) is 39.0 Å². The van der Waals surface area contributed by atoms with Crippen LogP contribution < -0.4 is 10.6 Å². The lowest BCUT2D eigenvalue weighted by Gasteiger charge is -2.27. The number of imide groups is 2. The standard InChI is InChI=1S/C36H51N3O17/c40-29(36(46)47)5-7-31(42)56-25-24-55-23-22-54-21-20-53-19-18-52-17-16-51-15-14-50-13-12-49-11-10-48-9-8-37-27-3-1-2-26-32(27)35(45)39(34(26)44)28-4-6-30(41)38-33(28)43/h1-3,28,37H,4-25H2,(H,46,47)(H,38,41,43). The van der Waals surface area contributed by atoms with Crippen molar-refractivity contribution in [1.29, 1.82) is 0 Å². The molecule has 1 saturated heterocycles. The van der Waals surface area contributed by atoms with E-state index in [1.54, 1.807) is 12.1 Å². The predicted octanol–water partition coefficient (Wildman–Crippen LogP) is -0.390. The summed E-state index contributed by atoms with van der Waals surface area (Å²) >= 11 is 0. The maximum absolute atomic E-state index is 13.1. The second-order valence-electron chi connectivity index (χ2n) is 11.9. The van der Waals surface area contributed by atoms with Crippen LogP contribution in [-0.4, -0.2) is 176 Å². The molecular weight excluding hydrogens is 746 g/mol. The number of aliphatic carboxylic acids is 1. The molecule has 3 rings (SSSR count). The van der Waals surface area contributed by atoms with Crippen molar-refractivity contribution in [3.63, 3.8) is 0 Å². The number of hydrogen-bond acceptors (Lipinski definition) is 17. The molecule has 2 aliphatic rings. The number of carboxylic acids is 1. The van der Waals surface area contributed by atoms with E-state index in [4.69, 9.17) is 47.7 Å². The van der Waals surface area contributed by atoms with E-state index in [1.165, 1.54) is 6.07 Å². The summed E-state index contributed by atoms with van der Waals surface area (Å²) in [7, 11) is 0. The summed E-state index contributed by atoms with van der Waals surface area (Å²) in [6.07, 6.45) is -0.542. The Labute approximate surface area is 323 Å². The third-order valence-electron chi connectivity index (χ3n) is 7.92. The first-order chi connectivity index (χ1) is 27.2. The number of ketones is 1. The average Bonchev–Trinajstić information content (AvgIpc) is 3.43. The van der Waals surface area contributed by atoms with Crippen LogP contribution in [0.1, 0.15) is 46.4 Å². The first-order valence-electron chi connectivity index (χ1n) is 18.3. The summed E-state index contributed by atoms with van der Waals surface area (Å²) in [4.78, 5) is 83.5. The molecule has 1 unspecified atom stereocenters. The van der Waals surface area contributed by atoms with Crippen LogP contribution in [0.4, 0.5) is 5.69 Å². The first-order valence-corrected chi connectivity index (χ1v) is 18.3. The van der Waals surface area contributed by atoms with Gasteiger partial charge in [0.05, 0.1) is 123 Å². The summed E-state index contributed by atoms with van der Waals surface area (Å²) in [6, 6.07) is 3.85. The van der Waals surface area contributed by atoms with Crippen LogP contribution in [0.3, 0.4) is 0 Å². The molecule has 20 heteroatoms.